The molecule has 1 aliphatic rings. The number of carboxylic acid groups (broad SMARTS) is 1. The van der Waals surface area contributed by atoms with Crippen LogP contribution in [0, 0.1) is 0 Å². The highest BCUT2D eigenvalue weighted by Crippen LogP contribution is 2.41. The van der Waals surface area contributed by atoms with E-state index in [1.54, 1.807) is 53.6 Å². The van der Waals surface area contributed by atoms with E-state index in [9.17, 15) is 14.7 Å². The van der Waals surface area contributed by atoms with Gasteiger partial charge in [0, 0.05) is 18.3 Å². The number of carboxylic acids is 1. The molecule has 3 rings (SSSR count). The summed E-state index contributed by atoms with van der Waals surface area (Å²) in [5, 5.41) is 9.75. The number of likely N-dealkylation sites (N-methyl/N-ethyl adjacent to an activating group) is 1. The van der Waals surface area contributed by atoms with E-state index in [0.717, 1.165) is 0 Å². The summed E-state index contributed by atoms with van der Waals surface area (Å²) in [6.07, 6.45) is 1.62. The quantitative estimate of drug-likeness (QED) is 0.944. The maximum Gasteiger partial charge on any atom is 0.313 e. The topological polar surface area (TPSA) is 70.5 Å². The van der Waals surface area contributed by atoms with Crippen LogP contribution in [-0.4, -0.2) is 33.4 Å². The maximum absolute atomic E-state index is 12.7. The minimum atomic E-state index is -0.950. The van der Waals surface area contributed by atoms with Gasteiger partial charge in [0.05, 0.1) is 11.7 Å². The Balaban J connectivity index is 2.22. The van der Waals surface area contributed by atoms with Gasteiger partial charge in [-0.3, -0.25) is 14.6 Å². The monoisotopic (exact) mass is 296 g/mol. The highest BCUT2D eigenvalue weighted by molar-refractivity contribution is 6.00. The zero-order chi connectivity index (χ0) is 15.7. The number of aromatic nitrogens is 1. The molecule has 1 N–H and O–H groups in total. The van der Waals surface area contributed by atoms with Crippen LogP contribution in [0.15, 0.2) is 48.7 Å². The van der Waals surface area contributed by atoms with Crippen LogP contribution in [0.5, 0.6) is 0 Å². The van der Waals surface area contributed by atoms with Gasteiger partial charge in [-0.15, -0.1) is 0 Å². The van der Waals surface area contributed by atoms with E-state index >= 15 is 0 Å². The Morgan fingerprint density at radius 1 is 1.23 bits per heavy atom. The summed E-state index contributed by atoms with van der Waals surface area (Å²) in [7, 11) is 0. The number of nitrogens with zero attached hydrogens (tertiary/aromatic N) is 2. The molecule has 0 bridgehead atoms. The van der Waals surface area contributed by atoms with Crippen molar-refractivity contribution in [1.29, 1.82) is 0 Å². The first-order valence-electron chi connectivity index (χ1n) is 7.18. The Labute approximate surface area is 128 Å². The van der Waals surface area contributed by atoms with E-state index in [2.05, 4.69) is 4.98 Å². The Hall–Kier alpha value is -2.69. The first kappa shape index (κ1) is 14.3. The van der Waals surface area contributed by atoms with Gasteiger partial charge in [0.25, 0.3) is 5.91 Å². The number of carbonyl (C=O) groups is 2. The van der Waals surface area contributed by atoms with Crippen LogP contribution in [0.1, 0.15) is 40.5 Å². The van der Waals surface area contributed by atoms with Crippen molar-refractivity contribution in [1.82, 2.24) is 9.88 Å². The summed E-state index contributed by atoms with van der Waals surface area (Å²) in [5.74, 6) is -1.91. The molecule has 2 unspecified atom stereocenters. The van der Waals surface area contributed by atoms with Crippen LogP contribution < -0.4 is 0 Å². The van der Waals surface area contributed by atoms with Crippen LogP contribution in [-0.2, 0) is 4.79 Å². The first-order valence-corrected chi connectivity index (χ1v) is 7.18. The lowest BCUT2D eigenvalue weighted by atomic mass is 9.81. The van der Waals surface area contributed by atoms with Crippen molar-refractivity contribution >= 4 is 11.9 Å². The lowest BCUT2D eigenvalue weighted by Gasteiger charge is -2.39. The smallest absolute Gasteiger partial charge is 0.313 e. The lowest BCUT2D eigenvalue weighted by molar-refractivity contribution is -0.140. The average molecular weight is 296 g/mol. The Bertz CT molecular complexity index is 715. The number of rotatable bonds is 3. The van der Waals surface area contributed by atoms with Crippen LogP contribution in [0.2, 0.25) is 0 Å². The molecule has 1 aromatic carbocycles. The zero-order valence-corrected chi connectivity index (χ0v) is 12.1. The minimum absolute atomic E-state index is 0.147. The molecule has 5 nitrogen and oxygen atoms in total. The summed E-state index contributed by atoms with van der Waals surface area (Å²) in [6, 6.07) is 11.7. The predicted molar refractivity (Wildman–Crippen MR) is 80.5 cm³/mol. The molecule has 2 heterocycles. The van der Waals surface area contributed by atoms with E-state index < -0.39 is 17.9 Å². The van der Waals surface area contributed by atoms with E-state index in [4.69, 9.17) is 0 Å². The third kappa shape index (κ3) is 2.15. The van der Waals surface area contributed by atoms with Crippen molar-refractivity contribution < 1.29 is 14.7 Å². The molecule has 0 saturated heterocycles. The molecule has 5 heteroatoms. The molecule has 2 atom stereocenters. The predicted octanol–water partition coefficient (Wildman–Crippen LogP) is 2.47. The number of hydrogen-bond acceptors (Lipinski definition) is 3. The highest BCUT2D eigenvalue weighted by atomic mass is 16.4. The molecule has 22 heavy (non-hydrogen) atoms. The molecule has 0 saturated carbocycles. The van der Waals surface area contributed by atoms with Gasteiger partial charge in [-0.2, -0.15) is 0 Å². The SMILES string of the molecule is CCN1C(=O)c2ccccc2C(C(=O)O)C1c1ccccn1. The largest absolute Gasteiger partial charge is 0.481 e. The molecule has 0 aliphatic carbocycles. The van der Waals surface area contributed by atoms with Crippen LogP contribution in [0.3, 0.4) is 0 Å². The summed E-state index contributed by atoms with van der Waals surface area (Å²) >= 11 is 0. The van der Waals surface area contributed by atoms with Gasteiger partial charge in [0.1, 0.15) is 5.92 Å². The van der Waals surface area contributed by atoms with Crippen molar-refractivity contribution in [2.75, 3.05) is 6.54 Å². The fourth-order valence-corrected chi connectivity index (χ4v) is 3.08. The Morgan fingerprint density at radius 2 is 1.95 bits per heavy atom. The maximum atomic E-state index is 12.7. The molecular weight excluding hydrogens is 280 g/mol. The number of fused-ring (bicyclic) bond motifs is 1. The number of pyridine rings is 1. The van der Waals surface area contributed by atoms with E-state index in [0.29, 0.717) is 23.4 Å². The van der Waals surface area contributed by atoms with E-state index in [1.165, 1.54) is 0 Å². The van der Waals surface area contributed by atoms with Crippen molar-refractivity contribution in [3.05, 3.63) is 65.5 Å². The van der Waals surface area contributed by atoms with Gasteiger partial charge in [-0.25, -0.2) is 0 Å². The molecule has 1 aliphatic heterocycles. The van der Waals surface area contributed by atoms with Crippen LogP contribution >= 0.6 is 0 Å². The number of carbonyl (C=O) groups excluding carboxylic acids is 1. The summed E-state index contributed by atoms with van der Waals surface area (Å²) in [6.45, 7) is 2.28. The van der Waals surface area contributed by atoms with E-state index in [1.807, 2.05) is 6.92 Å². The van der Waals surface area contributed by atoms with Crippen molar-refractivity contribution in [2.45, 2.75) is 18.9 Å². The van der Waals surface area contributed by atoms with Gasteiger partial charge in [0.2, 0.25) is 0 Å². The molecule has 112 valence electrons. The van der Waals surface area contributed by atoms with Gasteiger partial charge in [0.15, 0.2) is 0 Å². The first-order chi connectivity index (χ1) is 10.6. The number of amides is 1. The van der Waals surface area contributed by atoms with Gasteiger partial charge in [-0.05, 0) is 30.7 Å². The summed E-state index contributed by atoms with van der Waals surface area (Å²) in [5.41, 5.74) is 1.61. The fraction of sp³-hybridized carbons (Fsp3) is 0.235. The minimum Gasteiger partial charge on any atom is -0.481 e. The third-order valence-corrected chi connectivity index (χ3v) is 4.04. The van der Waals surface area contributed by atoms with Crippen LogP contribution in [0.4, 0.5) is 0 Å². The second-order valence-electron chi connectivity index (χ2n) is 5.19. The second-order valence-corrected chi connectivity index (χ2v) is 5.19. The zero-order valence-electron chi connectivity index (χ0n) is 12.1. The molecule has 1 aromatic heterocycles. The van der Waals surface area contributed by atoms with Gasteiger partial charge >= 0.3 is 5.97 Å². The number of hydrogen-bond donors (Lipinski definition) is 1. The third-order valence-electron chi connectivity index (χ3n) is 4.04. The molecular formula is C17H16N2O3. The average Bonchev–Trinajstić information content (AvgIpc) is 2.55. The van der Waals surface area contributed by atoms with Gasteiger partial charge < -0.3 is 10.0 Å². The summed E-state index contributed by atoms with van der Waals surface area (Å²) in [4.78, 5) is 30.5. The number of benzene rings is 1. The summed E-state index contributed by atoms with van der Waals surface area (Å²) < 4.78 is 0. The lowest BCUT2D eigenvalue weighted by Crippen LogP contribution is -2.45. The molecule has 1 amide bonds. The molecule has 0 radical (unpaired) electrons. The van der Waals surface area contributed by atoms with Crippen molar-refractivity contribution in [2.24, 2.45) is 0 Å². The molecule has 2 aromatic rings. The van der Waals surface area contributed by atoms with Crippen molar-refractivity contribution in [3.63, 3.8) is 0 Å². The molecule has 0 spiro atoms. The van der Waals surface area contributed by atoms with E-state index in [-0.39, 0.29) is 5.91 Å². The number of aliphatic carboxylic acids is 1. The standard InChI is InChI=1S/C17H16N2O3/c1-2-19-15(13-9-5-6-10-18-13)14(17(21)22)11-7-3-4-8-12(11)16(19)20/h3-10,14-15H,2H2,1H3,(H,21,22). The molecule has 0 fully saturated rings. The normalized spacial score (nSPS) is 20.6. The highest BCUT2D eigenvalue weighted by Gasteiger charge is 2.44. The fourth-order valence-electron chi connectivity index (χ4n) is 3.08. The Morgan fingerprint density at radius 3 is 2.59 bits per heavy atom. The van der Waals surface area contributed by atoms with Crippen LogP contribution in [0.25, 0.3) is 0 Å². The van der Waals surface area contributed by atoms with Gasteiger partial charge in [-0.1, -0.05) is 24.3 Å². The Kier molecular flexibility index (Phi) is 3.63. The van der Waals surface area contributed by atoms with Crippen molar-refractivity contribution in [3.8, 4) is 0 Å². The second kappa shape index (κ2) is 5.60.